The van der Waals surface area contributed by atoms with Crippen LogP contribution in [-0.4, -0.2) is 43.2 Å². The molecule has 2 aromatic rings. The predicted molar refractivity (Wildman–Crippen MR) is 125 cm³/mol. The van der Waals surface area contributed by atoms with Crippen LogP contribution in [0, 0.1) is 0 Å². The van der Waals surface area contributed by atoms with Gasteiger partial charge in [0, 0.05) is 25.2 Å². The SMILES string of the molecule is CCNC(=NCC(=O)Nc1ccc(O)cc1)NCCc1ccc2c(c1)CCO2.I. The molecule has 1 heterocycles. The maximum absolute atomic E-state index is 12.1. The summed E-state index contributed by atoms with van der Waals surface area (Å²) in [6.07, 6.45) is 1.83. The van der Waals surface area contributed by atoms with E-state index in [1.165, 1.54) is 23.3 Å². The second-order valence-corrected chi connectivity index (χ2v) is 6.51. The molecule has 7 nitrogen and oxygen atoms in total. The molecule has 3 rings (SSSR count). The fourth-order valence-electron chi connectivity index (χ4n) is 2.96. The maximum Gasteiger partial charge on any atom is 0.246 e. The van der Waals surface area contributed by atoms with Gasteiger partial charge >= 0.3 is 0 Å². The highest BCUT2D eigenvalue weighted by atomic mass is 127. The molecule has 1 aliphatic heterocycles. The Labute approximate surface area is 188 Å². The summed E-state index contributed by atoms with van der Waals surface area (Å²) in [5.74, 6) is 1.53. The average molecular weight is 510 g/mol. The minimum Gasteiger partial charge on any atom is -0.508 e. The Morgan fingerprint density at radius 3 is 2.72 bits per heavy atom. The molecular weight excluding hydrogens is 483 g/mol. The number of hydrogen-bond donors (Lipinski definition) is 4. The van der Waals surface area contributed by atoms with Gasteiger partial charge in [0.1, 0.15) is 18.0 Å². The van der Waals surface area contributed by atoms with Crippen molar-refractivity contribution in [2.24, 2.45) is 4.99 Å². The number of hydrogen-bond acceptors (Lipinski definition) is 4. The molecule has 0 unspecified atom stereocenters. The van der Waals surface area contributed by atoms with Crippen LogP contribution in [0.5, 0.6) is 11.5 Å². The molecule has 1 amide bonds. The van der Waals surface area contributed by atoms with E-state index in [9.17, 15) is 9.90 Å². The molecule has 2 aromatic carbocycles. The maximum atomic E-state index is 12.1. The van der Waals surface area contributed by atoms with Crippen LogP contribution >= 0.6 is 24.0 Å². The number of nitrogens with zero attached hydrogens (tertiary/aromatic N) is 1. The lowest BCUT2D eigenvalue weighted by molar-refractivity contribution is -0.114. The number of carbonyl (C=O) groups excluding carboxylic acids is 1. The summed E-state index contributed by atoms with van der Waals surface area (Å²) in [6.45, 7) is 4.17. The molecule has 0 aromatic heterocycles. The van der Waals surface area contributed by atoms with Crippen molar-refractivity contribution in [1.82, 2.24) is 10.6 Å². The molecule has 0 radical (unpaired) electrons. The molecule has 4 N–H and O–H groups in total. The van der Waals surface area contributed by atoms with E-state index in [0.717, 1.165) is 25.2 Å². The minimum absolute atomic E-state index is 0. The largest absolute Gasteiger partial charge is 0.508 e. The number of benzene rings is 2. The molecule has 0 fully saturated rings. The smallest absolute Gasteiger partial charge is 0.246 e. The third-order valence-corrected chi connectivity index (χ3v) is 4.34. The van der Waals surface area contributed by atoms with Gasteiger partial charge in [0.05, 0.1) is 6.61 Å². The van der Waals surface area contributed by atoms with Gasteiger partial charge in [-0.15, -0.1) is 24.0 Å². The van der Waals surface area contributed by atoms with Crippen molar-refractivity contribution in [3.05, 3.63) is 53.6 Å². The van der Waals surface area contributed by atoms with E-state index in [4.69, 9.17) is 4.74 Å². The first-order valence-electron chi connectivity index (χ1n) is 9.49. The van der Waals surface area contributed by atoms with Gasteiger partial charge < -0.3 is 25.8 Å². The molecule has 156 valence electrons. The third-order valence-electron chi connectivity index (χ3n) is 4.34. The summed E-state index contributed by atoms with van der Waals surface area (Å²) < 4.78 is 5.54. The quantitative estimate of drug-likeness (QED) is 0.199. The number of carbonyl (C=O) groups is 1. The summed E-state index contributed by atoms with van der Waals surface area (Å²) in [5, 5.41) is 18.4. The van der Waals surface area contributed by atoms with Crippen LogP contribution in [0.4, 0.5) is 5.69 Å². The van der Waals surface area contributed by atoms with Crippen LogP contribution < -0.4 is 20.7 Å². The number of nitrogens with one attached hydrogen (secondary N) is 3. The molecule has 0 aliphatic carbocycles. The van der Waals surface area contributed by atoms with Crippen LogP contribution in [0.2, 0.25) is 0 Å². The zero-order valence-electron chi connectivity index (χ0n) is 16.4. The molecule has 0 spiro atoms. The zero-order chi connectivity index (χ0) is 19.8. The summed E-state index contributed by atoms with van der Waals surface area (Å²) >= 11 is 0. The Kier molecular flexibility index (Phi) is 9.04. The molecule has 0 saturated heterocycles. The van der Waals surface area contributed by atoms with E-state index in [1.54, 1.807) is 12.1 Å². The fraction of sp³-hybridized carbons (Fsp3) is 0.333. The highest BCUT2D eigenvalue weighted by Crippen LogP contribution is 2.25. The van der Waals surface area contributed by atoms with E-state index in [1.807, 2.05) is 13.0 Å². The van der Waals surface area contributed by atoms with Gasteiger partial charge in [-0.3, -0.25) is 4.79 Å². The second kappa shape index (κ2) is 11.5. The lowest BCUT2D eigenvalue weighted by Gasteiger charge is -2.12. The summed E-state index contributed by atoms with van der Waals surface area (Å²) in [5.41, 5.74) is 3.14. The van der Waals surface area contributed by atoms with Gasteiger partial charge in [-0.25, -0.2) is 4.99 Å². The Morgan fingerprint density at radius 2 is 1.97 bits per heavy atom. The molecule has 8 heteroatoms. The first-order chi connectivity index (χ1) is 13.6. The van der Waals surface area contributed by atoms with E-state index in [-0.39, 0.29) is 42.2 Å². The minimum atomic E-state index is -0.221. The van der Waals surface area contributed by atoms with Gasteiger partial charge in [-0.05, 0) is 54.8 Å². The Bertz CT molecular complexity index is 840. The number of aliphatic imine (C=N–C) groups is 1. The summed E-state index contributed by atoms with van der Waals surface area (Å²) in [6, 6.07) is 12.6. The van der Waals surface area contributed by atoms with E-state index in [2.05, 4.69) is 33.1 Å². The number of guanidine groups is 1. The predicted octanol–water partition coefficient (Wildman–Crippen LogP) is 2.68. The van der Waals surface area contributed by atoms with Crippen molar-refractivity contribution in [2.75, 3.05) is 31.6 Å². The normalized spacial score (nSPS) is 12.4. The van der Waals surface area contributed by atoms with Crippen LogP contribution in [0.15, 0.2) is 47.5 Å². The number of phenols is 1. The van der Waals surface area contributed by atoms with Gasteiger partial charge in [0.2, 0.25) is 5.91 Å². The van der Waals surface area contributed by atoms with E-state index >= 15 is 0 Å². The molecule has 0 atom stereocenters. The summed E-state index contributed by atoms with van der Waals surface area (Å²) in [4.78, 5) is 16.4. The Morgan fingerprint density at radius 1 is 1.17 bits per heavy atom. The fourth-order valence-corrected chi connectivity index (χ4v) is 2.96. The van der Waals surface area contributed by atoms with Crippen LogP contribution in [0.1, 0.15) is 18.1 Å². The third kappa shape index (κ3) is 7.12. The number of rotatable bonds is 7. The number of anilines is 1. The lowest BCUT2D eigenvalue weighted by atomic mass is 10.1. The van der Waals surface area contributed by atoms with Crippen LogP contribution in [0.25, 0.3) is 0 Å². The molecule has 1 aliphatic rings. The van der Waals surface area contributed by atoms with Crippen LogP contribution in [0.3, 0.4) is 0 Å². The number of amides is 1. The standard InChI is InChI=1S/C21H26N4O3.HI/c1-2-22-21(24-14-20(27)25-17-4-6-18(26)7-5-17)23-11-9-15-3-8-19-16(13-15)10-12-28-19;/h3-8,13,26H,2,9-12,14H2,1H3,(H,25,27)(H2,22,23,24);1H. The van der Waals surface area contributed by atoms with Gasteiger partial charge in [-0.1, -0.05) is 12.1 Å². The van der Waals surface area contributed by atoms with Crippen molar-refractivity contribution in [2.45, 2.75) is 19.8 Å². The first-order valence-corrected chi connectivity index (χ1v) is 9.49. The van der Waals surface area contributed by atoms with Crippen molar-refractivity contribution in [3.63, 3.8) is 0 Å². The number of phenolic OH excluding ortho intramolecular Hbond substituents is 1. The number of aromatic hydroxyl groups is 1. The second-order valence-electron chi connectivity index (χ2n) is 6.51. The van der Waals surface area contributed by atoms with Gasteiger partial charge in [0.25, 0.3) is 0 Å². The first kappa shape index (κ1) is 22.8. The van der Waals surface area contributed by atoms with Crippen LogP contribution in [-0.2, 0) is 17.6 Å². The molecule has 29 heavy (non-hydrogen) atoms. The van der Waals surface area contributed by atoms with Crippen molar-refractivity contribution < 1.29 is 14.6 Å². The van der Waals surface area contributed by atoms with Gasteiger partial charge in [-0.2, -0.15) is 0 Å². The molecule has 0 saturated carbocycles. The molecular formula is C21H27IN4O3. The lowest BCUT2D eigenvalue weighted by Crippen LogP contribution is -2.39. The average Bonchev–Trinajstić information content (AvgIpc) is 3.16. The Hall–Kier alpha value is -2.49. The topological polar surface area (TPSA) is 95.0 Å². The highest BCUT2D eigenvalue weighted by molar-refractivity contribution is 14.0. The molecule has 0 bridgehead atoms. The van der Waals surface area contributed by atoms with Crippen molar-refractivity contribution in [3.8, 4) is 11.5 Å². The highest BCUT2D eigenvalue weighted by Gasteiger charge is 2.11. The summed E-state index contributed by atoms with van der Waals surface area (Å²) in [7, 11) is 0. The van der Waals surface area contributed by atoms with E-state index in [0.29, 0.717) is 24.7 Å². The zero-order valence-corrected chi connectivity index (χ0v) is 18.7. The Balaban J connectivity index is 0.00000300. The number of halogens is 1. The van der Waals surface area contributed by atoms with E-state index < -0.39 is 0 Å². The monoisotopic (exact) mass is 510 g/mol. The van der Waals surface area contributed by atoms with Gasteiger partial charge in [0.15, 0.2) is 5.96 Å². The number of fused-ring (bicyclic) bond motifs is 1. The number of ether oxygens (including phenoxy) is 1. The van der Waals surface area contributed by atoms with Crippen molar-refractivity contribution in [1.29, 1.82) is 0 Å². The van der Waals surface area contributed by atoms with Crippen molar-refractivity contribution >= 4 is 41.5 Å².